The summed E-state index contributed by atoms with van der Waals surface area (Å²) >= 11 is 1.82. The summed E-state index contributed by atoms with van der Waals surface area (Å²) in [6.45, 7) is 5.85. The molecule has 0 spiro atoms. The molecule has 0 bridgehead atoms. The molecule has 5 rings (SSSR count). The number of rotatable bonds is 6. The van der Waals surface area contributed by atoms with Gasteiger partial charge >= 0.3 is 0 Å². The molecule has 2 aliphatic heterocycles. The minimum Gasteiger partial charge on any atom is -0.326 e. The van der Waals surface area contributed by atoms with Crippen molar-refractivity contribution in [1.82, 2.24) is 4.90 Å². The Hall–Kier alpha value is -2.76. The number of hydrogen-bond donors (Lipinski definition) is 1. The number of anilines is 2. The average molecular weight is 430 g/mol. The first-order valence-corrected chi connectivity index (χ1v) is 11.7. The quantitative estimate of drug-likeness (QED) is 0.502. The maximum atomic E-state index is 11.6. The Morgan fingerprint density at radius 2 is 1.90 bits per heavy atom. The second-order valence-electron chi connectivity index (χ2n) is 8.19. The third kappa shape index (κ3) is 4.21. The van der Waals surface area contributed by atoms with E-state index in [0.29, 0.717) is 0 Å². The first kappa shape index (κ1) is 20.2. The molecular formula is C26H27N3OS. The first-order valence-electron chi connectivity index (χ1n) is 10.9. The number of benzene rings is 3. The number of nitrogens with zero attached hydrogens (tertiary/aromatic N) is 2. The Kier molecular flexibility index (Phi) is 5.70. The van der Waals surface area contributed by atoms with Gasteiger partial charge in [0.25, 0.3) is 0 Å². The van der Waals surface area contributed by atoms with E-state index in [4.69, 9.17) is 0 Å². The largest absolute Gasteiger partial charge is 0.326 e. The lowest BCUT2D eigenvalue weighted by atomic mass is 9.99. The predicted octanol–water partition coefficient (Wildman–Crippen LogP) is 5.80. The summed E-state index contributed by atoms with van der Waals surface area (Å²) < 4.78 is 2.41. The molecule has 4 nitrogen and oxygen atoms in total. The van der Waals surface area contributed by atoms with E-state index >= 15 is 0 Å². The minimum atomic E-state index is -0.0331. The van der Waals surface area contributed by atoms with Crippen LogP contribution in [-0.4, -0.2) is 37.0 Å². The molecule has 3 aromatic carbocycles. The van der Waals surface area contributed by atoms with E-state index in [-0.39, 0.29) is 5.91 Å². The summed E-state index contributed by atoms with van der Waals surface area (Å²) in [6.07, 6.45) is 4.65. The monoisotopic (exact) mass is 429 g/mol. The van der Waals surface area contributed by atoms with E-state index in [0.717, 1.165) is 50.1 Å². The van der Waals surface area contributed by atoms with Gasteiger partial charge in [-0.3, -0.25) is 9.69 Å². The van der Waals surface area contributed by atoms with Crippen molar-refractivity contribution in [2.24, 2.45) is 0 Å². The SMILES string of the molecule is CC(=O)Nc1ccc2c3c(cccc13)SN2CCCN1CC=C(c2ccccc2)CC1. The van der Waals surface area contributed by atoms with Crippen molar-refractivity contribution in [1.29, 1.82) is 0 Å². The van der Waals surface area contributed by atoms with E-state index in [2.05, 4.69) is 75.2 Å². The number of nitrogens with one attached hydrogen (secondary N) is 1. The zero-order valence-corrected chi connectivity index (χ0v) is 18.6. The fourth-order valence-electron chi connectivity index (χ4n) is 4.54. The highest BCUT2D eigenvalue weighted by atomic mass is 32.2. The topological polar surface area (TPSA) is 35.6 Å². The molecule has 0 radical (unpaired) electrons. The number of carbonyl (C=O) groups is 1. The third-order valence-electron chi connectivity index (χ3n) is 6.04. The molecule has 0 fully saturated rings. The van der Waals surface area contributed by atoms with Crippen molar-refractivity contribution in [2.45, 2.75) is 24.7 Å². The van der Waals surface area contributed by atoms with Crippen LogP contribution in [0.25, 0.3) is 16.3 Å². The molecule has 2 heterocycles. The van der Waals surface area contributed by atoms with Crippen LogP contribution in [0, 0.1) is 0 Å². The maximum Gasteiger partial charge on any atom is 0.221 e. The zero-order chi connectivity index (χ0) is 21.2. The van der Waals surface area contributed by atoms with E-state index < -0.39 is 0 Å². The molecule has 1 amide bonds. The lowest BCUT2D eigenvalue weighted by Gasteiger charge is -2.27. The van der Waals surface area contributed by atoms with Gasteiger partial charge in [0.2, 0.25) is 5.91 Å². The van der Waals surface area contributed by atoms with Gasteiger partial charge in [-0.15, -0.1) is 0 Å². The van der Waals surface area contributed by atoms with Crippen LogP contribution in [0.1, 0.15) is 25.3 Å². The Balaban J connectivity index is 1.21. The fourth-order valence-corrected chi connectivity index (χ4v) is 5.69. The van der Waals surface area contributed by atoms with E-state index in [1.165, 1.54) is 27.1 Å². The second-order valence-corrected chi connectivity index (χ2v) is 9.25. The van der Waals surface area contributed by atoms with E-state index in [1.54, 1.807) is 6.92 Å². The summed E-state index contributed by atoms with van der Waals surface area (Å²) in [7, 11) is 0. The number of carbonyl (C=O) groups excluding carboxylic acids is 1. The first-order chi connectivity index (χ1) is 15.2. The van der Waals surface area contributed by atoms with Crippen molar-refractivity contribution in [3.63, 3.8) is 0 Å². The molecule has 0 saturated carbocycles. The molecule has 0 unspecified atom stereocenters. The van der Waals surface area contributed by atoms with Crippen LogP contribution in [0.3, 0.4) is 0 Å². The van der Waals surface area contributed by atoms with Crippen LogP contribution in [0.5, 0.6) is 0 Å². The molecule has 0 atom stereocenters. The van der Waals surface area contributed by atoms with Crippen LogP contribution in [0.2, 0.25) is 0 Å². The third-order valence-corrected chi connectivity index (χ3v) is 7.18. The molecular weight excluding hydrogens is 402 g/mol. The Labute approximate surface area is 188 Å². The zero-order valence-electron chi connectivity index (χ0n) is 17.8. The van der Waals surface area contributed by atoms with Gasteiger partial charge in [-0.2, -0.15) is 0 Å². The smallest absolute Gasteiger partial charge is 0.221 e. The minimum absolute atomic E-state index is 0.0331. The van der Waals surface area contributed by atoms with Crippen LogP contribution in [-0.2, 0) is 4.79 Å². The molecule has 3 aromatic rings. The van der Waals surface area contributed by atoms with Gasteiger partial charge in [0.05, 0.1) is 5.69 Å². The Morgan fingerprint density at radius 3 is 2.68 bits per heavy atom. The van der Waals surface area contributed by atoms with E-state index in [9.17, 15) is 4.79 Å². The second kappa shape index (κ2) is 8.77. The molecule has 0 saturated heterocycles. The van der Waals surface area contributed by atoms with Crippen molar-refractivity contribution in [3.05, 3.63) is 72.3 Å². The normalized spacial score (nSPS) is 15.9. The molecule has 0 aliphatic carbocycles. The summed E-state index contributed by atoms with van der Waals surface area (Å²) in [4.78, 5) is 15.4. The van der Waals surface area contributed by atoms with Crippen LogP contribution < -0.4 is 9.62 Å². The highest BCUT2D eigenvalue weighted by Gasteiger charge is 2.24. The Bertz CT molecular complexity index is 1140. The van der Waals surface area contributed by atoms with Crippen molar-refractivity contribution in [2.75, 3.05) is 35.8 Å². The van der Waals surface area contributed by atoms with Crippen molar-refractivity contribution in [3.8, 4) is 0 Å². The fraction of sp³-hybridized carbons (Fsp3) is 0.269. The summed E-state index contributed by atoms with van der Waals surface area (Å²) in [6, 6.07) is 21.3. The van der Waals surface area contributed by atoms with Crippen LogP contribution in [0.4, 0.5) is 11.4 Å². The van der Waals surface area contributed by atoms with Crippen molar-refractivity contribution < 1.29 is 4.79 Å². The average Bonchev–Trinajstić information content (AvgIpc) is 3.15. The molecule has 31 heavy (non-hydrogen) atoms. The lowest BCUT2D eigenvalue weighted by molar-refractivity contribution is -0.114. The summed E-state index contributed by atoms with van der Waals surface area (Å²) in [5.41, 5.74) is 4.99. The van der Waals surface area contributed by atoms with E-state index in [1.807, 2.05) is 18.0 Å². The molecule has 1 N–H and O–H groups in total. The standard InChI is InChI=1S/C26H27N3OS/c1-19(30)27-23-11-12-24-26-22(23)9-5-10-25(26)31-29(24)16-6-15-28-17-13-21(14-18-28)20-7-3-2-4-8-20/h2-5,7-13H,6,14-18H2,1H3,(H,27,30). The van der Waals surface area contributed by atoms with Crippen LogP contribution in [0.15, 0.2) is 71.6 Å². The maximum absolute atomic E-state index is 11.6. The van der Waals surface area contributed by atoms with Gasteiger partial charge < -0.3 is 9.62 Å². The predicted molar refractivity (Wildman–Crippen MR) is 132 cm³/mol. The van der Waals surface area contributed by atoms with Gasteiger partial charge in [-0.1, -0.05) is 48.5 Å². The van der Waals surface area contributed by atoms with Gasteiger partial charge in [0.1, 0.15) is 0 Å². The summed E-state index contributed by atoms with van der Waals surface area (Å²) in [5.74, 6) is -0.0331. The Morgan fingerprint density at radius 1 is 1.03 bits per heavy atom. The van der Waals surface area contributed by atoms with Crippen LogP contribution >= 0.6 is 11.9 Å². The van der Waals surface area contributed by atoms with Gasteiger partial charge in [0.15, 0.2) is 0 Å². The molecule has 2 aliphatic rings. The molecule has 0 aromatic heterocycles. The highest BCUT2D eigenvalue weighted by Crippen LogP contribution is 2.48. The number of amides is 1. The van der Waals surface area contributed by atoms with Crippen molar-refractivity contribution >= 4 is 45.6 Å². The van der Waals surface area contributed by atoms with Gasteiger partial charge in [-0.25, -0.2) is 0 Å². The molecule has 158 valence electrons. The van der Waals surface area contributed by atoms with Gasteiger partial charge in [-0.05, 0) is 54.1 Å². The molecule has 5 heteroatoms. The summed E-state index contributed by atoms with van der Waals surface area (Å²) in [5, 5.41) is 5.34. The highest BCUT2D eigenvalue weighted by molar-refractivity contribution is 8.01. The van der Waals surface area contributed by atoms with Gasteiger partial charge in [0, 0.05) is 54.5 Å². The lowest BCUT2D eigenvalue weighted by Crippen LogP contribution is -2.31. The number of hydrogen-bond acceptors (Lipinski definition) is 4.